The van der Waals surface area contributed by atoms with Crippen molar-refractivity contribution in [2.45, 2.75) is 147 Å². The van der Waals surface area contributed by atoms with E-state index >= 15 is 0 Å². The number of carbonyl (C=O) groups is 3. The maximum Gasteiger partial charge on any atom is 0.278 e. The van der Waals surface area contributed by atoms with Gasteiger partial charge in [-0.3, -0.25) is 14.4 Å². The third-order valence-corrected chi connectivity index (χ3v) is 8.00. The zero-order valence-electron chi connectivity index (χ0n) is 27.5. The number of carbonyl (C=O) groups excluding carboxylic acids is 3. The van der Waals surface area contributed by atoms with Crippen LogP contribution in [-0.4, -0.2) is 74.0 Å². The van der Waals surface area contributed by atoms with Gasteiger partial charge in [-0.1, -0.05) is 71.1 Å². The molecule has 0 aliphatic carbocycles. The van der Waals surface area contributed by atoms with Crippen LogP contribution in [0.25, 0.3) is 0 Å². The smallest absolute Gasteiger partial charge is 0.278 e. The minimum Gasteiger partial charge on any atom is -0.358 e. The average molecular weight is 602 g/mol. The fourth-order valence-corrected chi connectivity index (χ4v) is 5.11. The minimum atomic E-state index is -0.241. The van der Waals surface area contributed by atoms with E-state index in [4.69, 9.17) is 0 Å². The molecule has 0 saturated carbocycles. The van der Waals surface area contributed by atoms with E-state index < -0.39 is 0 Å². The van der Waals surface area contributed by atoms with Crippen molar-refractivity contribution in [3.63, 3.8) is 0 Å². The summed E-state index contributed by atoms with van der Waals surface area (Å²) in [7, 11) is 0. The van der Waals surface area contributed by atoms with Crippen molar-refractivity contribution in [2.24, 2.45) is 0 Å². The molecule has 14 N–H and O–H groups in total. The Morgan fingerprint density at radius 1 is 0.571 bits per heavy atom. The van der Waals surface area contributed by atoms with Gasteiger partial charge in [0.05, 0.1) is 13.1 Å². The largest absolute Gasteiger partial charge is 0.358 e. The highest BCUT2D eigenvalue weighted by Gasteiger charge is 2.18. The molecule has 0 spiro atoms. The first kappa shape index (κ1) is 40.2. The van der Waals surface area contributed by atoms with Gasteiger partial charge in [-0.25, -0.2) is 0 Å². The number of nitrogens with zero attached hydrogens (tertiary/aromatic N) is 1. The van der Waals surface area contributed by atoms with Crippen molar-refractivity contribution in [1.82, 2.24) is 15.5 Å². The summed E-state index contributed by atoms with van der Waals surface area (Å²) in [5.74, 6) is 0.145. The molecule has 0 aromatic carbocycles. The predicted molar refractivity (Wildman–Crippen MR) is 169 cm³/mol. The van der Waals surface area contributed by atoms with Crippen LogP contribution in [0.1, 0.15) is 135 Å². The van der Waals surface area contributed by atoms with E-state index in [0.29, 0.717) is 45.4 Å². The number of hydrogen-bond acceptors (Lipinski definition) is 3. The number of quaternary nitrogens is 4. The second-order valence-electron chi connectivity index (χ2n) is 12.0. The van der Waals surface area contributed by atoms with Gasteiger partial charge < -0.3 is 38.5 Å². The highest BCUT2D eigenvalue weighted by atomic mass is 16.2. The summed E-state index contributed by atoms with van der Waals surface area (Å²) in [5.41, 5.74) is 15.7. The third kappa shape index (κ3) is 23.8. The second-order valence-corrected chi connectivity index (χ2v) is 12.0. The molecule has 3 amide bonds. The molecule has 0 rings (SSSR count). The Morgan fingerprint density at radius 2 is 0.976 bits per heavy atom. The Kier molecular flexibility index (Phi) is 28.1. The summed E-state index contributed by atoms with van der Waals surface area (Å²) in [6, 6.07) is -0.482. The molecule has 248 valence electrons. The fraction of sp³-hybridized carbons (Fsp3) is 0.906. The standard InChI is InChI=1S/C32H67N7O3/c1-2-3-4-5-6-7-8-9-10-11-12-21-30(40)39(26-17-24-37-31(41)28(35)19-13-15-22-33)27-18-25-38-32(42)29(36)20-14-16-23-34/h28-29H,2-27,33-36H2,1H3,(H,37,41)(H,38,42)/p+4/t28-,29-/m0/s1. The summed E-state index contributed by atoms with van der Waals surface area (Å²) < 4.78 is 0. The highest BCUT2D eigenvalue weighted by Crippen LogP contribution is 2.13. The van der Waals surface area contributed by atoms with E-state index in [2.05, 4.69) is 40.5 Å². The average Bonchev–Trinajstić information content (AvgIpc) is 2.98. The molecule has 2 atom stereocenters. The van der Waals surface area contributed by atoms with Gasteiger partial charge in [-0.15, -0.1) is 0 Å². The minimum absolute atomic E-state index is 0.0152. The van der Waals surface area contributed by atoms with Crippen LogP contribution in [0.4, 0.5) is 0 Å². The molecule has 42 heavy (non-hydrogen) atoms. The molecule has 0 bridgehead atoms. The van der Waals surface area contributed by atoms with E-state index in [0.717, 1.165) is 64.5 Å². The lowest BCUT2D eigenvalue weighted by atomic mass is 10.1. The molecule has 0 aliphatic heterocycles. The summed E-state index contributed by atoms with van der Waals surface area (Å²) >= 11 is 0. The Morgan fingerprint density at radius 3 is 1.38 bits per heavy atom. The van der Waals surface area contributed by atoms with Crippen molar-refractivity contribution >= 4 is 17.7 Å². The zero-order valence-corrected chi connectivity index (χ0v) is 27.5. The van der Waals surface area contributed by atoms with Crippen LogP contribution in [0.3, 0.4) is 0 Å². The molecule has 0 unspecified atom stereocenters. The molecule has 0 saturated heterocycles. The van der Waals surface area contributed by atoms with Crippen molar-refractivity contribution in [3.8, 4) is 0 Å². The zero-order chi connectivity index (χ0) is 31.3. The third-order valence-electron chi connectivity index (χ3n) is 8.00. The lowest BCUT2D eigenvalue weighted by Gasteiger charge is -2.23. The van der Waals surface area contributed by atoms with E-state index in [1.165, 1.54) is 57.8 Å². The van der Waals surface area contributed by atoms with Gasteiger partial charge >= 0.3 is 0 Å². The molecule has 10 nitrogen and oxygen atoms in total. The summed E-state index contributed by atoms with van der Waals surface area (Å²) in [6.45, 7) is 6.31. The van der Waals surface area contributed by atoms with E-state index in [1.54, 1.807) is 0 Å². The Labute approximate surface area is 257 Å². The van der Waals surface area contributed by atoms with Gasteiger partial charge in [0.2, 0.25) is 5.91 Å². The van der Waals surface area contributed by atoms with Crippen LogP contribution in [0.2, 0.25) is 0 Å². The number of hydrogen-bond donors (Lipinski definition) is 6. The fourth-order valence-electron chi connectivity index (χ4n) is 5.11. The predicted octanol–water partition coefficient (Wildman–Crippen LogP) is 0.574. The van der Waals surface area contributed by atoms with Crippen molar-refractivity contribution in [2.75, 3.05) is 39.3 Å². The van der Waals surface area contributed by atoms with Crippen LogP contribution >= 0.6 is 0 Å². The molecule has 10 heteroatoms. The van der Waals surface area contributed by atoms with Crippen LogP contribution in [-0.2, 0) is 14.4 Å². The summed E-state index contributed by atoms with van der Waals surface area (Å²) in [4.78, 5) is 39.7. The maximum absolute atomic E-state index is 13.1. The van der Waals surface area contributed by atoms with E-state index in [1.807, 2.05) is 4.90 Å². The monoisotopic (exact) mass is 602 g/mol. The Balaban J connectivity index is 4.46. The normalized spacial score (nSPS) is 12.6. The molecule has 0 radical (unpaired) electrons. The Hall–Kier alpha value is -1.75. The lowest BCUT2D eigenvalue weighted by Crippen LogP contribution is -2.67. The van der Waals surface area contributed by atoms with E-state index in [9.17, 15) is 14.4 Å². The molecule has 0 heterocycles. The topological polar surface area (TPSA) is 189 Å². The van der Waals surface area contributed by atoms with Crippen LogP contribution in [0.5, 0.6) is 0 Å². The van der Waals surface area contributed by atoms with Crippen molar-refractivity contribution < 1.29 is 37.3 Å². The van der Waals surface area contributed by atoms with Gasteiger partial charge in [0.1, 0.15) is 0 Å². The van der Waals surface area contributed by atoms with Gasteiger partial charge in [-0.05, 0) is 44.9 Å². The first-order valence-corrected chi connectivity index (χ1v) is 17.4. The second kappa shape index (κ2) is 29.3. The SMILES string of the molecule is CCCCCCCCCCCCCC(=O)N(CCCNC(=O)[C@@H]([NH3+])CCCC[NH3+])CCCNC(=O)[C@@H]([NH3+])CCCC[NH3+]. The number of unbranched alkanes of at least 4 members (excludes halogenated alkanes) is 12. The molecule has 0 aromatic rings. The number of nitrogens with one attached hydrogen (secondary N) is 2. The molecule has 0 fully saturated rings. The van der Waals surface area contributed by atoms with E-state index in [-0.39, 0.29) is 29.8 Å². The number of amides is 3. The van der Waals surface area contributed by atoms with Crippen LogP contribution < -0.4 is 33.6 Å². The van der Waals surface area contributed by atoms with Gasteiger partial charge in [0, 0.05) is 45.4 Å². The Bertz CT molecular complexity index is 630. The van der Waals surface area contributed by atoms with Gasteiger partial charge in [0.25, 0.3) is 11.8 Å². The molecular weight excluding hydrogens is 530 g/mol. The first-order valence-electron chi connectivity index (χ1n) is 17.4. The number of rotatable bonds is 30. The maximum atomic E-state index is 13.1. The first-order chi connectivity index (χ1) is 20.4. The quantitative estimate of drug-likeness (QED) is 0.0658. The van der Waals surface area contributed by atoms with Crippen molar-refractivity contribution in [3.05, 3.63) is 0 Å². The lowest BCUT2D eigenvalue weighted by molar-refractivity contribution is -0.406. The molecule has 0 aliphatic rings. The van der Waals surface area contributed by atoms with Crippen LogP contribution in [0, 0.1) is 0 Å². The van der Waals surface area contributed by atoms with Gasteiger partial charge in [0.15, 0.2) is 12.1 Å². The van der Waals surface area contributed by atoms with Crippen molar-refractivity contribution in [1.29, 1.82) is 0 Å². The highest BCUT2D eigenvalue weighted by molar-refractivity contribution is 5.80. The summed E-state index contributed by atoms with van der Waals surface area (Å²) in [5, 5.41) is 5.97. The van der Waals surface area contributed by atoms with Gasteiger partial charge in [-0.2, -0.15) is 0 Å². The molecule has 0 aromatic heterocycles. The van der Waals surface area contributed by atoms with Crippen LogP contribution in [0.15, 0.2) is 0 Å². The summed E-state index contributed by atoms with van der Waals surface area (Å²) in [6.07, 6.45) is 21.4. The molecular formula is C32H71N7O3+4.